The summed E-state index contributed by atoms with van der Waals surface area (Å²) in [4.78, 5) is 27.6. The van der Waals surface area contributed by atoms with Gasteiger partial charge in [-0.25, -0.2) is 5.43 Å². The molecule has 0 radical (unpaired) electrons. The Balaban J connectivity index is 2.11. The summed E-state index contributed by atoms with van der Waals surface area (Å²) in [6, 6.07) is 9.54. The maximum absolute atomic E-state index is 12.7. The zero-order chi connectivity index (χ0) is 24.5. The number of benzene rings is 2. The van der Waals surface area contributed by atoms with Gasteiger partial charge >= 0.3 is 0 Å². The molecule has 0 saturated carbocycles. The van der Waals surface area contributed by atoms with Crippen molar-refractivity contribution in [3.05, 3.63) is 57.6 Å². The molecule has 33 heavy (non-hydrogen) atoms. The summed E-state index contributed by atoms with van der Waals surface area (Å²) in [6.45, 7) is 9.59. The molecule has 2 amide bonds. The number of amides is 2. The van der Waals surface area contributed by atoms with E-state index in [1.54, 1.807) is 13.2 Å². The van der Waals surface area contributed by atoms with Crippen molar-refractivity contribution in [1.29, 1.82) is 0 Å². The van der Waals surface area contributed by atoms with Gasteiger partial charge in [0.05, 0.1) is 23.9 Å². The lowest BCUT2D eigenvalue weighted by Gasteiger charge is -2.22. The highest BCUT2D eigenvalue weighted by atomic mass is 35.5. The highest BCUT2D eigenvalue weighted by molar-refractivity contribution is 6.36. The van der Waals surface area contributed by atoms with Gasteiger partial charge in [-0.3, -0.25) is 9.59 Å². The smallest absolute Gasteiger partial charge is 0.262 e. The minimum atomic E-state index is -0.812. The third-order valence-electron chi connectivity index (χ3n) is 5.14. The molecule has 178 valence electrons. The second kappa shape index (κ2) is 12.5. The normalized spacial score (nSPS) is 12.0. The second-order valence-electron chi connectivity index (χ2n) is 7.65. The van der Waals surface area contributed by atoms with Crippen molar-refractivity contribution < 1.29 is 14.3 Å². The summed E-state index contributed by atoms with van der Waals surface area (Å²) < 4.78 is 5.48. The first-order chi connectivity index (χ1) is 15.7. The van der Waals surface area contributed by atoms with Crippen LogP contribution in [-0.2, 0) is 4.79 Å². The molecular formula is C24H30Cl2N4O3. The van der Waals surface area contributed by atoms with Crippen LogP contribution in [0.3, 0.4) is 0 Å². The fourth-order valence-corrected chi connectivity index (χ4v) is 3.75. The highest BCUT2D eigenvalue weighted by Gasteiger charge is 2.25. The van der Waals surface area contributed by atoms with Crippen molar-refractivity contribution in [3.63, 3.8) is 0 Å². The van der Waals surface area contributed by atoms with Crippen molar-refractivity contribution in [2.75, 3.05) is 25.1 Å². The number of hydrogen-bond donors (Lipinski definition) is 2. The molecule has 2 rings (SSSR count). The van der Waals surface area contributed by atoms with E-state index in [2.05, 4.69) is 34.6 Å². The number of carbonyl (C=O) groups excluding carboxylic acids is 2. The minimum absolute atomic E-state index is 0.182. The Morgan fingerprint density at radius 3 is 2.39 bits per heavy atom. The molecule has 2 aromatic rings. The van der Waals surface area contributed by atoms with Gasteiger partial charge in [-0.05, 0) is 50.1 Å². The van der Waals surface area contributed by atoms with Gasteiger partial charge < -0.3 is 15.0 Å². The molecule has 7 nitrogen and oxygen atoms in total. The number of hydrogen-bond acceptors (Lipinski definition) is 5. The molecular weight excluding hydrogens is 463 g/mol. The first-order valence-electron chi connectivity index (χ1n) is 10.7. The minimum Gasteiger partial charge on any atom is -0.496 e. The maximum Gasteiger partial charge on any atom is 0.262 e. The molecule has 1 atom stereocenters. The molecule has 0 heterocycles. The Bertz CT molecular complexity index is 1010. The lowest BCUT2D eigenvalue weighted by molar-refractivity contribution is -0.123. The lowest BCUT2D eigenvalue weighted by atomic mass is 10.0. The number of carbonyl (C=O) groups is 2. The van der Waals surface area contributed by atoms with Crippen LogP contribution < -0.4 is 20.4 Å². The Kier molecular flexibility index (Phi) is 10.0. The van der Waals surface area contributed by atoms with Crippen molar-refractivity contribution in [2.45, 2.75) is 33.7 Å². The standard InChI is InChI=1S/C24H30Cl2N4O3/c1-6-30(7-2)18-10-8-16(21(13-18)33-5)14-27-29-24(32)22(15(3)4)28-23(31)19-11-9-17(25)12-20(19)26/h8-15,22H,6-7H2,1-5H3,(H,28,31)(H,29,32)/b27-14+. The third kappa shape index (κ3) is 7.11. The third-order valence-corrected chi connectivity index (χ3v) is 5.68. The van der Waals surface area contributed by atoms with E-state index >= 15 is 0 Å². The highest BCUT2D eigenvalue weighted by Crippen LogP contribution is 2.25. The van der Waals surface area contributed by atoms with Crippen LogP contribution in [0, 0.1) is 5.92 Å². The van der Waals surface area contributed by atoms with Crippen molar-refractivity contribution in [1.82, 2.24) is 10.7 Å². The summed E-state index contributed by atoms with van der Waals surface area (Å²) in [5.74, 6) is -0.455. The van der Waals surface area contributed by atoms with Gasteiger partial charge in [0.15, 0.2) is 0 Å². The number of rotatable bonds is 10. The van der Waals surface area contributed by atoms with Gasteiger partial charge in [-0.1, -0.05) is 37.0 Å². The van der Waals surface area contributed by atoms with Crippen LogP contribution in [0.2, 0.25) is 10.0 Å². The van der Waals surface area contributed by atoms with E-state index < -0.39 is 17.9 Å². The first kappa shape index (κ1) is 26.5. The van der Waals surface area contributed by atoms with Crippen LogP contribution in [0.25, 0.3) is 0 Å². The Morgan fingerprint density at radius 2 is 1.82 bits per heavy atom. The van der Waals surface area contributed by atoms with Crippen LogP contribution >= 0.6 is 23.2 Å². The second-order valence-corrected chi connectivity index (χ2v) is 8.50. The van der Waals surface area contributed by atoms with Crippen LogP contribution in [0.1, 0.15) is 43.6 Å². The Hall–Kier alpha value is -2.77. The molecule has 1 unspecified atom stereocenters. The summed E-state index contributed by atoms with van der Waals surface area (Å²) in [6.07, 6.45) is 1.51. The molecule has 0 saturated heterocycles. The van der Waals surface area contributed by atoms with Crippen molar-refractivity contribution in [2.24, 2.45) is 11.0 Å². The monoisotopic (exact) mass is 492 g/mol. The lowest BCUT2D eigenvalue weighted by Crippen LogP contribution is -2.48. The number of halogens is 2. The fourth-order valence-electron chi connectivity index (χ4n) is 3.25. The van der Waals surface area contributed by atoms with E-state index in [9.17, 15) is 9.59 Å². The Morgan fingerprint density at radius 1 is 1.12 bits per heavy atom. The van der Waals surface area contributed by atoms with Gasteiger partial charge in [0.2, 0.25) is 0 Å². The quantitative estimate of drug-likeness (QED) is 0.370. The molecule has 0 spiro atoms. The largest absolute Gasteiger partial charge is 0.496 e. The number of ether oxygens (including phenoxy) is 1. The van der Waals surface area contributed by atoms with Gasteiger partial charge in [-0.15, -0.1) is 0 Å². The SMILES string of the molecule is CCN(CC)c1ccc(/C=N/NC(=O)C(NC(=O)c2ccc(Cl)cc2Cl)C(C)C)c(OC)c1. The molecule has 9 heteroatoms. The van der Waals surface area contributed by atoms with Gasteiger partial charge in [0.1, 0.15) is 11.8 Å². The number of nitrogens with zero attached hydrogens (tertiary/aromatic N) is 2. The van der Waals surface area contributed by atoms with E-state index in [0.717, 1.165) is 18.8 Å². The zero-order valence-corrected chi connectivity index (χ0v) is 21.0. The van der Waals surface area contributed by atoms with Crippen LogP contribution in [-0.4, -0.2) is 44.3 Å². The van der Waals surface area contributed by atoms with Crippen LogP contribution in [0.4, 0.5) is 5.69 Å². The fraction of sp³-hybridized carbons (Fsp3) is 0.375. The van der Waals surface area contributed by atoms with Crippen LogP contribution in [0.15, 0.2) is 41.5 Å². The van der Waals surface area contributed by atoms with Gasteiger partial charge in [-0.2, -0.15) is 5.10 Å². The average molecular weight is 493 g/mol. The van der Waals surface area contributed by atoms with E-state index in [0.29, 0.717) is 16.3 Å². The van der Waals surface area contributed by atoms with Crippen molar-refractivity contribution in [3.8, 4) is 5.75 Å². The average Bonchev–Trinajstić information content (AvgIpc) is 2.78. The molecule has 0 aliphatic heterocycles. The van der Waals surface area contributed by atoms with E-state index in [-0.39, 0.29) is 16.5 Å². The molecule has 2 N–H and O–H groups in total. The van der Waals surface area contributed by atoms with Gasteiger partial charge in [0.25, 0.3) is 11.8 Å². The summed E-state index contributed by atoms with van der Waals surface area (Å²) in [5, 5.41) is 7.41. The predicted molar refractivity (Wildman–Crippen MR) is 135 cm³/mol. The number of methoxy groups -OCH3 is 1. The first-order valence-corrected chi connectivity index (χ1v) is 11.5. The summed E-state index contributed by atoms with van der Waals surface area (Å²) in [7, 11) is 1.59. The van der Waals surface area contributed by atoms with Crippen molar-refractivity contribution >= 4 is 46.9 Å². The predicted octanol–water partition coefficient (Wildman–Crippen LogP) is 4.75. The van der Waals surface area contributed by atoms with Crippen LogP contribution in [0.5, 0.6) is 5.75 Å². The maximum atomic E-state index is 12.7. The number of hydrazone groups is 1. The molecule has 0 aliphatic rings. The molecule has 0 aliphatic carbocycles. The summed E-state index contributed by atoms with van der Waals surface area (Å²) >= 11 is 12.0. The van der Waals surface area contributed by atoms with E-state index in [1.165, 1.54) is 18.3 Å². The van der Waals surface area contributed by atoms with E-state index in [4.69, 9.17) is 27.9 Å². The Labute approximate surface area is 205 Å². The number of nitrogens with one attached hydrogen (secondary N) is 2. The molecule has 2 aromatic carbocycles. The zero-order valence-electron chi connectivity index (χ0n) is 19.5. The number of anilines is 1. The molecule has 0 fully saturated rings. The summed E-state index contributed by atoms with van der Waals surface area (Å²) in [5.41, 5.74) is 4.49. The molecule has 0 aromatic heterocycles. The molecule has 0 bridgehead atoms. The van der Waals surface area contributed by atoms with Gasteiger partial charge in [0, 0.05) is 35.4 Å². The van der Waals surface area contributed by atoms with E-state index in [1.807, 2.05) is 32.0 Å². The topological polar surface area (TPSA) is 83.0 Å².